The Hall–Kier alpha value is -3.41. The zero-order valence-electron chi connectivity index (χ0n) is 18.0. The molecule has 0 bridgehead atoms. The first kappa shape index (κ1) is 20.8. The monoisotopic (exact) mass is 416 g/mol. The molecular formula is C25H28N4O2. The van der Waals surface area contributed by atoms with Crippen molar-refractivity contribution in [3.63, 3.8) is 0 Å². The molecule has 1 aromatic carbocycles. The summed E-state index contributed by atoms with van der Waals surface area (Å²) in [5.41, 5.74) is 2.96. The summed E-state index contributed by atoms with van der Waals surface area (Å²) in [4.78, 5) is 23.8. The lowest BCUT2D eigenvalue weighted by atomic mass is 9.99. The number of anilines is 2. The largest absolute Gasteiger partial charge is 0.497 e. The van der Waals surface area contributed by atoms with Crippen LogP contribution in [0, 0.1) is 5.92 Å². The minimum absolute atomic E-state index is 0.115. The van der Waals surface area contributed by atoms with Gasteiger partial charge in [-0.1, -0.05) is 19.1 Å². The Morgan fingerprint density at radius 1 is 1.06 bits per heavy atom. The standard InChI is InChI=1S/C25H28N4O2/c1-18-8-12-29(13-9-18)24-17-21(7-11-27-24)20-6-10-26-23(16-20)28-25(30)15-19-4-3-5-22(14-19)31-2/h3-7,10-11,14,16-18H,8-9,12-13,15H2,1-2H3,(H,26,28,30). The van der Waals surface area contributed by atoms with Crippen molar-refractivity contribution in [2.45, 2.75) is 26.2 Å². The minimum Gasteiger partial charge on any atom is -0.497 e. The maximum atomic E-state index is 12.5. The van der Waals surface area contributed by atoms with Crippen LogP contribution in [0.25, 0.3) is 11.1 Å². The SMILES string of the molecule is COc1cccc(CC(=O)Nc2cc(-c3ccnc(N4CCC(C)CC4)c3)ccn2)c1. The number of carbonyl (C=O) groups is 1. The van der Waals surface area contributed by atoms with Crippen LogP contribution in [-0.4, -0.2) is 36.1 Å². The van der Waals surface area contributed by atoms with Gasteiger partial charge in [-0.25, -0.2) is 9.97 Å². The van der Waals surface area contributed by atoms with E-state index in [0.717, 1.165) is 47.3 Å². The average Bonchev–Trinajstić information content (AvgIpc) is 2.80. The highest BCUT2D eigenvalue weighted by Gasteiger charge is 2.17. The van der Waals surface area contributed by atoms with Gasteiger partial charge in [0.25, 0.3) is 0 Å². The molecule has 1 aliphatic rings. The molecule has 1 aliphatic heterocycles. The highest BCUT2D eigenvalue weighted by Crippen LogP contribution is 2.27. The normalized spacial score (nSPS) is 14.3. The predicted molar refractivity (Wildman–Crippen MR) is 123 cm³/mol. The van der Waals surface area contributed by atoms with Crippen LogP contribution in [-0.2, 0) is 11.2 Å². The van der Waals surface area contributed by atoms with E-state index in [2.05, 4.69) is 33.2 Å². The molecule has 4 rings (SSSR count). The molecule has 1 saturated heterocycles. The maximum Gasteiger partial charge on any atom is 0.229 e. The summed E-state index contributed by atoms with van der Waals surface area (Å²) in [6, 6.07) is 15.5. The molecule has 0 aliphatic carbocycles. The van der Waals surface area contributed by atoms with E-state index in [-0.39, 0.29) is 12.3 Å². The molecule has 6 nitrogen and oxygen atoms in total. The summed E-state index contributed by atoms with van der Waals surface area (Å²) < 4.78 is 5.23. The van der Waals surface area contributed by atoms with Crippen molar-refractivity contribution in [1.82, 2.24) is 9.97 Å². The van der Waals surface area contributed by atoms with E-state index in [1.54, 1.807) is 13.3 Å². The summed E-state index contributed by atoms with van der Waals surface area (Å²) >= 11 is 0. The van der Waals surface area contributed by atoms with Gasteiger partial charge in [-0.05, 0) is 71.8 Å². The zero-order chi connectivity index (χ0) is 21.6. The minimum atomic E-state index is -0.115. The van der Waals surface area contributed by atoms with Crippen molar-refractivity contribution < 1.29 is 9.53 Å². The molecule has 0 atom stereocenters. The Labute approximate surface area is 183 Å². The first-order valence-electron chi connectivity index (χ1n) is 10.7. The summed E-state index contributed by atoms with van der Waals surface area (Å²) in [7, 11) is 1.62. The first-order chi connectivity index (χ1) is 15.1. The van der Waals surface area contributed by atoms with Crippen LogP contribution in [0.1, 0.15) is 25.3 Å². The quantitative estimate of drug-likeness (QED) is 0.638. The molecule has 0 saturated carbocycles. The Balaban J connectivity index is 1.45. The topological polar surface area (TPSA) is 67.3 Å². The number of hydrogen-bond donors (Lipinski definition) is 1. The van der Waals surface area contributed by atoms with Crippen molar-refractivity contribution >= 4 is 17.5 Å². The van der Waals surface area contributed by atoms with Gasteiger partial charge in [-0.2, -0.15) is 0 Å². The van der Waals surface area contributed by atoms with E-state index >= 15 is 0 Å². The van der Waals surface area contributed by atoms with Gasteiger partial charge in [0.05, 0.1) is 13.5 Å². The van der Waals surface area contributed by atoms with Gasteiger partial charge in [0.1, 0.15) is 17.4 Å². The number of methoxy groups -OCH3 is 1. The summed E-state index contributed by atoms with van der Waals surface area (Å²) in [5.74, 6) is 2.95. The van der Waals surface area contributed by atoms with Gasteiger partial charge in [-0.15, -0.1) is 0 Å². The first-order valence-corrected chi connectivity index (χ1v) is 10.7. The molecular weight excluding hydrogens is 388 g/mol. The van der Waals surface area contributed by atoms with Gasteiger partial charge in [0.15, 0.2) is 0 Å². The fourth-order valence-electron chi connectivity index (χ4n) is 3.84. The number of hydrogen-bond acceptors (Lipinski definition) is 5. The average molecular weight is 417 g/mol. The smallest absolute Gasteiger partial charge is 0.229 e. The van der Waals surface area contributed by atoms with Gasteiger partial charge in [-0.3, -0.25) is 4.79 Å². The second-order valence-corrected chi connectivity index (χ2v) is 8.08. The lowest BCUT2D eigenvalue weighted by molar-refractivity contribution is -0.115. The van der Waals surface area contributed by atoms with Gasteiger partial charge < -0.3 is 15.0 Å². The molecule has 2 aromatic heterocycles. The van der Waals surface area contributed by atoms with Crippen LogP contribution in [0.4, 0.5) is 11.6 Å². The van der Waals surface area contributed by atoms with Crippen LogP contribution in [0.5, 0.6) is 5.75 Å². The van der Waals surface area contributed by atoms with Crippen LogP contribution in [0.2, 0.25) is 0 Å². The highest BCUT2D eigenvalue weighted by atomic mass is 16.5. The van der Waals surface area contributed by atoms with Gasteiger partial charge in [0.2, 0.25) is 5.91 Å². The van der Waals surface area contributed by atoms with Crippen molar-refractivity contribution in [2.75, 3.05) is 30.4 Å². The number of benzene rings is 1. The third-order valence-electron chi connectivity index (χ3n) is 5.71. The predicted octanol–water partition coefficient (Wildman–Crippen LogP) is 4.57. The van der Waals surface area contributed by atoms with Crippen LogP contribution < -0.4 is 15.0 Å². The molecule has 160 valence electrons. The van der Waals surface area contributed by atoms with E-state index in [9.17, 15) is 4.79 Å². The Morgan fingerprint density at radius 2 is 1.81 bits per heavy atom. The van der Waals surface area contributed by atoms with E-state index in [1.807, 2.05) is 48.7 Å². The summed E-state index contributed by atoms with van der Waals surface area (Å²) in [6.07, 6.45) is 6.23. The van der Waals surface area contributed by atoms with Gasteiger partial charge >= 0.3 is 0 Å². The van der Waals surface area contributed by atoms with Crippen molar-refractivity contribution in [3.05, 3.63) is 66.5 Å². The fraction of sp³-hybridized carbons (Fsp3) is 0.320. The molecule has 0 radical (unpaired) electrons. The molecule has 1 amide bonds. The van der Waals surface area contributed by atoms with Crippen molar-refractivity contribution in [3.8, 4) is 16.9 Å². The van der Waals surface area contributed by atoms with Crippen LogP contribution in [0.3, 0.4) is 0 Å². The van der Waals surface area contributed by atoms with E-state index in [1.165, 1.54) is 12.8 Å². The number of rotatable bonds is 6. The van der Waals surface area contributed by atoms with Crippen molar-refractivity contribution in [2.24, 2.45) is 5.92 Å². The molecule has 31 heavy (non-hydrogen) atoms. The molecule has 0 unspecified atom stereocenters. The number of piperidine rings is 1. The lowest BCUT2D eigenvalue weighted by Crippen LogP contribution is -2.33. The van der Waals surface area contributed by atoms with E-state index in [0.29, 0.717) is 5.82 Å². The summed E-state index contributed by atoms with van der Waals surface area (Å²) in [6.45, 7) is 4.39. The number of nitrogens with one attached hydrogen (secondary N) is 1. The second-order valence-electron chi connectivity index (χ2n) is 8.08. The fourth-order valence-corrected chi connectivity index (χ4v) is 3.84. The molecule has 1 N–H and O–H groups in total. The maximum absolute atomic E-state index is 12.5. The number of amides is 1. The second kappa shape index (κ2) is 9.60. The van der Waals surface area contributed by atoms with E-state index < -0.39 is 0 Å². The number of pyridine rings is 2. The summed E-state index contributed by atoms with van der Waals surface area (Å²) in [5, 5.41) is 2.90. The number of carbonyl (C=O) groups excluding carboxylic acids is 1. The molecule has 0 spiro atoms. The van der Waals surface area contributed by atoms with Crippen molar-refractivity contribution in [1.29, 1.82) is 0 Å². The van der Waals surface area contributed by atoms with Gasteiger partial charge in [0, 0.05) is 25.5 Å². The van der Waals surface area contributed by atoms with Crippen LogP contribution in [0.15, 0.2) is 60.9 Å². The van der Waals surface area contributed by atoms with E-state index in [4.69, 9.17) is 4.74 Å². The number of nitrogens with zero attached hydrogens (tertiary/aromatic N) is 3. The third-order valence-corrected chi connectivity index (χ3v) is 5.71. The number of aromatic nitrogens is 2. The zero-order valence-corrected chi connectivity index (χ0v) is 18.0. The molecule has 1 fully saturated rings. The molecule has 3 heterocycles. The Bertz CT molecular complexity index is 1040. The highest BCUT2D eigenvalue weighted by molar-refractivity contribution is 5.92. The Kier molecular flexibility index (Phi) is 6.46. The third kappa shape index (κ3) is 5.40. The number of ether oxygens (including phenoxy) is 1. The Morgan fingerprint density at radius 3 is 2.58 bits per heavy atom. The lowest BCUT2D eigenvalue weighted by Gasteiger charge is -2.31. The molecule has 3 aromatic rings. The van der Waals surface area contributed by atoms with Crippen LogP contribution >= 0.6 is 0 Å². The molecule has 6 heteroatoms.